The summed E-state index contributed by atoms with van der Waals surface area (Å²) in [6.07, 6.45) is 1.33. The molecule has 108 valence electrons. The predicted octanol–water partition coefficient (Wildman–Crippen LogP) is 3.20. The molecule has 0 heterocycles. The summed E-state index contributed by atoms with van der Waals surface area (Å²) in [7, 11) is 1.47. The highest BCUT2D eigenvalue weighted by Gasteiger charge is 2.14. The Balaban J connectivity index is 1.98. The van der Waals surface area contributed by atoms with Crippen LogP contribution in [-0.2, 0) is 9.53 Å². The maximum atomic E-state index is 12.1. The standard InChI is InChI=1S/C17H16O4/c1-19-12-14(13-20-15-8-4-2-5-9-15)17(18)21-16-10-6-3-7-11-16/h2-12H,13H2,1H3. The van der Waals surface area contributed by atoms with Gasteiger partial charge in [-0.25, -0.2) is 4.79 Å². The molecule has 0 N–H and O–H groups in total. The summed E-state index contributed by atoms with van der Waals surface area (Å²) in [4.78, 5) is 12.1. The maximum absolute atomic E-state index is 12.1. The zero-order valence-corrected chi connectivity index (χ0v) is 11.7. The lowest BCUT2D eigenvalue weighted by atomic mass is 10.3. The molecule has 0 aliphatic heterocycles. The fraction of sp³-hybridized carbons (Fsp3) is 0.118. The number of rotatable bonds is 6. The average molecular weight is 284 g/mol. The predicted molar refractivity (Wildman–Crippen MR) is 79.1 cm³/mol. The van der Waals surface area contributed by atoms with Crippen LogP contribution < -0.4 is 9.47 Å². The van der Waals surface area contributed by atoms with Crippen molar-refractivity contribution < 1.29 is 19.0 Å². The third-order valence-corrected chi connectivity index (χ3v) is 2.61. The van der Waals surface area contributed by atoms with E-state index in [1.807, 2.05) is 36.4 Å². The number of benzene rings is 2. The van der Waals surface area contributed by atoms with E-state index in [4.69, 9.17) is 14.2 Å². The number of esters is 1. The summed E-state index contributed by atoms with van der Waals surface area (Å²) in [5.41, 5.74) is 0.296. The number of carbonyl (C=O) groups excluding carboxylic acids is 1. The second kappa shape index (κ2) is 7.75. The Morgan fingerprint density at radius 1 is 0.952 bits per heavy atom. The molecule has 2 rings (SSSR count). The van der Waals surface area contributed by atoms with Crippen LogP contribution in [0.2, 0.25) is 0 Å². The fourth-order valence-electron chi connectivity index (χ4n) is 1.62. The van der Waals surface area contributed by atoms with Gasteiger partial charge in [-0.3, -0.25) is 0 Å². The summed E-state index contributed by atoms with van der Waals surface area (Å²) in [6, 6.07) is 18.1. The van der Waals surface area contributed by atoms with Gasteiger partial charge >= 0.3 is 5.97 Å². The van der Waals surface area contributed by atoms with E-state index in [0.29, 0.717) is 17.1 Å². The van der Waals surface area contributed by atoms with E-state index in [1.54, 1.807) is 24.3 Å². The van der Waals surface area contributed by atoms with Crippen LogP contribution in [0.4, 0.5) is 0 Å². The molecule has 0 atom stereocenters. The molecule has 0 saturated heterocycles. The molecule has 0 aliphatic carbocycles. The van der Waals surface area contributed by atoms with Gasteiger partial charge < -0.3 is 14.2 Å². The molecule has 0 radical (unpaired) electrons. The first-order valence-corrected chi connectivity index (χ1v) is 6.46. The average Bonchev–Trinajstić information content (AvgIpc) is 2.53. The zero-order valence-electron chi connectivity index (χ0n) is 11.7. The van der Waals surface area contributed by atoms with Crippen molar-refractivity contribution in [2.45, 2.75) is 0 Å². The third-order valence-electron chi connectivity index (χ3n) is 2.61. The second-order valence-corrected chi connectivity index (χ2v) is 4.18. The lowest BCUT2D eigenvalue weighted by Crippen LogP contribution is -2.17. The van der Waals surface area contributed by atoms with Crippen LogP contribution >= 0.6 is 0 Å². The molecule has 21 heavy (non-hydrogen) atoms. The van der Waals surface area contributed by atoms with Gasteiger partial charge in [-0.2, -0.15) is 0 Å². The van der Waals surface area contributed by atoms with E-state index in [1.165, 1.54) is 13.4 Å². The van der Waals surface area contributed by atoms with Crippen LogP contribution in [0.5, 0.6) is 11.5 Å². The van der Waals surface area contributed by atoms with E-state index in [0.717, 1.165) is 0 Å². The van der Waals surface area contributed by atoms with E-state index < -0.39 is 5.97 Å². The Morgan fingerprint density at radius 2 is 1.52 bits per heavy atom. The van der Waals surface area contributed by atoms with Crippen molar-refractivity contribution in [1.29, 1.82) is 0 Å². The van der Waals surface area contributed by atoms with Crippen molar-refractivity contribution in [3.05, 3.63) is 72.5 Å². The monoisotopic (exact) mass is 284 g/mol. The molecule has 0 unspecified atom stereocenters. The third kappa shape index (κ3) is 4.69. The maximum Gasteiger partial charge on any atom is 0.346 e. The first kappa shape index (κ1) is 14.7. The summed E-state index contributed by atoms with van der Waals surface area (Å²) in [5, 5.41) is 0. The zero-order chi connectivity index (χ0) is 14.9. The molecule has 0 spiro atoms. The lowest BCUT2D eigenvalue weighted by Gasteiger charge is -2.09. The topological polar surface area (TPSA) is 44.8 Å². The highest BCUT2D eigenvalue weighted by Crippen LogP contribution is 2.13. The van der Waals surface area contributed by atoms with Gasteiger partial charge in [0.2, 0.25) is 0 Å². The van der Waals surface area contributed by atoms with Gasteiger partial charge in [0.25, 0.3) is 0 Å². The SMILES string of the molecule is COC=C(COc1ccccc1)C(=O)Oc1ccccc1. The van der Waals surface area contributed by atoms with Gasteiger partial charge in [0.15, 0.2) is 0 Å². The molecule has 0 aromatic heterocycles. The van der Waals surface area contributed by atoms with Gasteiger partial charge in [-0.15, -0.1) is 0 Å². The molecule has 0 fully saturated rings. The van der Waals surface area contributed by atoms with E-state index in [9.17, 15) is 4.79 Å². The number of para-hydroxylation sites is 2. The normalized spacial score (nSPS) is 10.8. The van der Waals surface area contributed by atoms with Crippen LogP contribution in [0.15, 0.2) is 72.5 Å². The van der Waals surface area contributed by atoms with Crippen molar-refractivity contribution in [1.82, 2.24) is 0 Å². The van der Waals surface area contributed by atoms with Gasteiger partial charge in [0, 0.05) is 0 Å². The van der Waals surface area contributed by atoms with E-state index in [2.05, 4.69) is 0 Å². The Kier molecular flexibility index (Phi) is 5.41. The minimum Gasteiger partial charge on any atom is -0.504 e. The van der Waals surface area contributed by atoms with Gasteiger partial charge in [-0.1, -0.05) is 36.4 Å². The van der Waals surface area contributed by atoms with Crippen LogP contribution in [0, 0.1) is 0 Å². The first-order valence-electron chi connectivity index (χ1n) is 6.46. The first-order chi connectivity index (χ1) is 10.3. The Bertz CT molecular complexity index is 591. The molecule has 0 bridgehead atoms. The van der Waals surface area contributed by atoms with Crippen molar-refractivity contribution in [3.8, 4) is 11.5 Å². The fourth-order valence-corrected chi connectivity index (χ4v) is 1.62. The Labute approximate surface area is 123 Å². The molecule has 4 nitrogen and oxygen atoms in total. The van der Waals surface area contributed by atoms with Crippen molar-refractivity contribution in [2.24, 2.45) is 0 Å². The minimum atomic E-state index is -0.501. The summed E-state index contributed by atoms with van der Waals surface area (Å²) in [5.74, 6) is 0.648. The Hall–Kier alpha value is -2.75. The molecule has 0 aliphatic rings. The number of carbonyl (C=O) groups is 1. The number of ether oxygens (including phenoxy) is 3. The molecule has 0 saturated carbocycles. The van der Waals surface area contributed by atoms with Gasteiger partial charge in [-0.05, 0) is 24.3 Å². The molecule has 0 amide bonds. The quantitative estimate of drug-likeness (QED) is 0.354. The summed E-state index contributed by atoms with van der Waals surface area (Å²) < 4.78 is 15.7. The van der Waals surface area contributed by atoms with Crippen molar-refractivity contribution >= 4 is 5.97 Å². The Morgan fingerprint density at radius 3 is 2.10 bits per heavy atom. The number of hydrogen-bond donors (Lipinski definition) is 0. The number of hydrogen-bond acceptors (Lipinski definition) is 4. The molecule has 2 aromatic rings. The van der Waals surface area contributed by atoms with Crippen molar-refractivity contribution in [2.75, 3.05) is 13.7 Å². The molecule has 2 aromatic carbocycles. The molecular weight excluding hydrogens is 268 g/mol. The summed E-state index contributed by atoms with van der Waals surface area (Å²) >= 11 is 0. The largest absolute Gasteiger partial charge is 0.504 e. The van der Waals surface area contributed by atoms with Crippen molar-refractivity contribution in [3.63, 3.8) is 0 Å². The van der Waals surface area contributed by atoms with E-state index >= 15 is 0 Å². The highest BCUT2D eigenvalue weighted by molar-refractivity contribution is 5.90. The van der Waals surface area contributed by atoms with Crippen LogP contribution in [0.3, 0.4) is 0 Å². The minimum absolute atomic E-state index is 0.0729. The second-order valence-electron chi connectivity index (χ2n) is 4.18. The van der Waals surface area contributed by atoms with E-state index in [-0.39, 0.29) is 6.61 Å². The van der Waals surface area contributed by atoms with Crippen LogP contribution in [0.1, 0.15) is 0 Å². The number of methoxy groups -OCH3 is 1. The highest BCUT2D eigenvalue weighted by atomic mass is 16.5. The summed E-state index contributed by atoms with van der Waals surface area (Å²) in [6.45, 7) is 0.0729. The van der Waals surface area contributed by atoms with Gasteiger partial charge in [0.1, 0.15) is 23.7 Å². The smallest absolute Gasteiger partial charge is 0.346 e. The lowest BCUT2D eigenvalue weighted by molar-refractivity contribution is -0.130. The molecule has 4 heteroatoms. The van der Waals surface area contributed by atoms with Crippen LogP contribution in [0.25, 0.3) is 0 Å². The molecular formula is C17H16O4. The van der Waals surface area contributed by atoms with Crippen LogP contribution in [-0.4, -0.2) is 19.7 Å². The van der Waals surface area contributed by atoms with Gasteiger partial charge in [0.05, 0.1) is 13.4 Å².